The Kier molecular flexibility index (Phi) is 3.75. The number of allylic oxidation sites excluding steroid dienone is 1. The number of phenols is 1. The number of aromatic hydroxyl groups is 1. The number of rotatable bonds is 4. The minimum atomic E-state index is 0.416. The van der Waals surface area contributed by atoms with Gasteiger partial charge in [0.2, 0.25) is 0 Å². The van der Waals surface area contributed by atoms with Crippen molar-refractivity contribution in [2.24, 2.45) is 0 Å². The molecular weight excluding hydrogens is 172 g/mol. The van der Waals surface area contributed by atoms with Crippen molar-refractivity contribution >= 4 is 0 Å². The second-order valence-corrected chi connectivity index (χ2v) is 3.66. The van der Waals surface area contributed by atoms with Crippen LogP contribution < -0.4 is 0 Å². The van der Waals surface area contributed by atoms with Gasteiger partial charge in [0.05, 0.1) is 0 Å². The fourth-order valence-corrected chi connectivity index (χ4v) is 1.55. The number of phenolic OH excluding ortho intramolecular Hbond substituents is 1. The van der Waals surface area contributed by atoms with Crippen LogP contribution in [0.15, 0.2) is 30.9 Å². The summed E-state index contributed by atoms with van der Waals surface area (Å²) in [5.74, 6) is 0.863. The van der Waals surface area contributed by atoms with Gasteiger partial charge < -0.3 is 5.11 Å². The Bertz CT molecular complexity index is 315. The third kappa shape index (κ3) is 2.16. The van der Waals surface area contributed by atoms with Gasteiger partial charge >= 0.3 is 0 Å². The van der Waals surface area contributed by atoms with Crippen LogP contribution in [-0.2, 0) is 6.42 Å². The molecule has 0 fully saturated rings. The lowest BCUT2D eigenvalue weighted by Crippen LogP contribution is -1.94. The minimum Gasteiger partial charge on any atom is -0.507 e. The van der Waals surface area contributed by atoms with Gasteiger partial charge in [0.1, 0.15) is 5.75 Å². The summed E-state index contributed by atoms with van der Waals surface area (Å²) in [6, 6.07) is 5.94. The number of hydrogen-bond donors (Lipinski definition) is 1. The number of hydrogen-bond acceptors (Lipinski definition) is 1. The minimum absolute atomic E-state index is 0.416. The van der Waals surface area contributed by atoms with Crippen LogP contribution in [0.3, 0.4) is 0 Å². The molecule has 1 aromatic rings. The molecule has 1 unspecified atom stereocenters. The van der Waals surface area contributed by atoms with Crippen LogP contribution in [0, 0.1) is 0 Å². The predicted molar refractivity (Wildman–Crippen MR) is 60.7 cm³/mol. The van der Waals surface area contributed by atoms with E-state index in [-0.39, 0.29) is 0 Å². The summed E-state index contributed by atoms with van der Waals surface area (Å²) < 4.78 is 0. The van der Waals surface area contributed by atoms with Crippen molar-refractivity contribution < 1.29 is 5.11 Å². The molecule has 0 aliphatic rings. The molecule has 0 amide bonds. The number of para-hydroxylation sites is 1. The van der Waals surface area contributed by atoms with Crippen molar-refractivity contribution in [2.45, 2.75) is 32.6 Å². The summed E-state index contributed by atoms with van der Waals surface area (Å²) in [7, 11) is 0. The summed E-state index contributed by atoms with van der Waals surface area (Å²) in [6.45, 7) is 7.94. The molecule has 0 saturated carbocycles. The second kappa shape index (κ2) is 4.85. The molecule has 1 N–H and O–H groups in total. The summed E-state index contributed by atoms with van der Waals surface area (Å²) in [5, 5.41) is 9.97. The summed E-state index contributed by atoms with van der Waals surface area (Å²) >= 11 is 0. The standard InChI is InChI=1S/C13H18O/c1-4-7-11-8-6-9-12(13(11)14)10(3)5-2/h4,6,8-10,14H,1,5,7H2,2-3H3. The van der Waals surface area contributed by atoms with Gasteiger partial charge in [-0.15, -0.1) is 6.58 Å². The Morgan fingerprint density at radius 3 is 2.79 bits per heavy atom. The van der Waals surface area contributed by atoms with Crippen LogP contribution in [0.4, 0.5) is 0 Å². The lowest BCUT2D eigenvalue weighted by molar-refractivity contribution is 0.456. The molecule has 0 bridgehead atoms. The SMILES string of the molecule is C=CCc1cccc(C(C)CC)c1O. The normalized spacial score (nSPS) is 12.4. The van der Waals surface area contributed by atoms with Crippen LogP contribution in [0.2, 0.25) is 0 Å². The topological polar surface area (TPSA) is 20.2 Å². The predicted octanol–water partition coefficient (Wildman–Crippen LogP) is 3.63. The summed E-state index contributed by atoms with van der Waals surface area (Å²) in [4.78, 5) is 0. The van der Waals surface area contributed by atoms with E-state index in [1.54, 1.807) is 0 Å². The van der Waals surface area contributed by atoms with Crippen molar-refractivity contribution in [3.05, 3.63) is 42.0 Å². The maximum Gasteiger partial charge on any atom is 0.122 e. The van der Waals surface area contributed by atoms with Crippen LogP contribution in [0.25, 0.3) is 0 Å². The largest absolute Gasteiger partial charge is 0.507 e. The van der Waals surface area contributed by atoms with Gasteiger partial charge in [-0.1, -0.05) is 38.1 Å². The zero-order valence-electron chi connectivity index (χ0n) is 8.96. The van der Waals surface area contributed by atoms with Gasteiger partial charge in [-0.05, 0) is 29.9 Å². The molecule has 1 heteroatoms. The van der Waals surface area contributed by atoms with Gasteiger partial charge in [-0.2, -0.15) is 0 Å². The lowest BCUT2D eigenvalue weighted by Gasteiger charge is -2.13. The molecule has 0 radical (unpaired) electrons. The molecule has 0 aliphatic carbocycles. The van der Waals surface area contributed by atoms with E-state index >= 15 is 0 Å². The van der Waals surface area contributed by atoms with E-state index < -0.39 is 0 Å². The zero-order chi connectivity index (χ0) is 10.6. The van der Waals surface area contributed by atoms with Crippen molar-refractivity contribution in [2.75, 3.05) is 0 Å². The fraction of sp³-hybridized carbons (Fsp3) is 0.385. The average molecular weight is 190 g/mol. The van der Waals surface area contributed by atoms with Crippen LogP contribution in [0.5, 0.6) is 5.75 Å². The summed E-state index contributed by atoms with van der Waals surface area (Å²) in [5.41, 5.74) is 2.02. The Hall–Kier alpha value is -1.24. The molecule has 1 rings (SSSR count). The highest BCUT2D eigenvalue weighted by molar-refractivity contribution is 5.42. The molecule has 0 heterocycles. The first-order chi connectivity index (χ1) is 6.70. The Labute approximate surface area is 86.1 Å². The molecule has 1 nitrogen and oxygen atoms in total. The molecule has 0 aromatic heterocycles. The van der Waals surface area contributed by atoms with Gasteiger partial charge in [0.25, 0.3) is 0 Å². The molecule has 0 saturated heterocycles. The van der Waals surface area contributed by atoms with E-state index in [2.05, 4.69) is 20.4 Å². The van der Waals surface area contributed by atoms with E-state index in [0.29, 0.717) is 11.7 Å². The average Bonchev–Trinajstić information content (AvgIpc) is 2.20. The van der Waals surface area contributed by atoms with Gasteiger partial charge in [0.15, 0.2) is 0 Å². The quantitative estimate of drug-likeness (QED) is 0.719. The third-order valence-electron chi connectivity index (χ3n) is 2.66. The highest BCUT2D eigenvalue weighted by Crippen LogP contribution is 2.30. The molecule has 0 spiro atoms. The van der Waals surface area contributed by atoms with Crippen molar-refractivity contribution in [3.63, 3.8) is 0 Å². The lowest BCUT2D eigenvalue weighted by atomic mass is 9.95. The zero-order valence-corrected chi connectivity index (χ0v) is 8.96. The van der Waals surface area contributed by atoms with Gasteiger partial charge in [-0.3, -0.25) is 0 Å². The third-order valence-corrected chi connectivity index (χ3v) is 2.66. The van der Waals surface area contributed by atoms with Gasteiger partial charge in [-0.25, -0.2) is 0 Å². The van der Waals surface area contributed by atoms with E-state index in [9.17, 15) is 5.11 Å². The number of benzene rings is 1. The van der Waals surface area contributed by atoms with Gasteiger partial charge in [0, 0.05) is 0 Å². The maximum atomic E-state index is 9.97. The fourth-order valence-electron chi connectivity index (χ4n) is 1.55. The molecule has 0 aliphatic heterocycles. The first-order valence-electron chi connectivity index (χ1n) is 5.12. The molecule has 1 aromatic carbocycles. The molecule has 1 atom stereocenters. The van der Waals surface area contributed by atoms with Crippen molar-refractivity contribution in [1.82, 2.24) is 0 Å². The highest BCUT2D eigenvalue weighted by Gasteiger charge is 2.10. The molecule has 14 heavy (non-hydrogen) atoms. The maximum absolute atomic E-state index is 9.97. The molecule has 76 valence electrons. The van der Waals surface area contributed by atoms with Crippen molar-refractivity contribution in [3.8, 4) is 5.75 Å². The smallest absolute Gasteiger partial charge is 0.122 e. The Morgan fingerprint density at radius 2 is 2.21 bits per heavy atom. The van der Waals surface area contributed by atoms with E-state index in [4.69, 9.17) is 0 Å². The van der Waals surface area contributed by atoms with Crippen LogP contribution in [0.1, 0.15) is 37.3 Å². The van der Waals surface area contributed by atoms with E-state index in [1.165, 1.54) is 0 Å². The molecular formula is C13H18O. The first kappa shape index (κ1) is 10.8. The Morgan fingerprint density at radius 1 is 1.50 bits per heavy atom. The van der Waals surface area contributed by atoms with Crippen LogP contribution in [-0.4, -0.2) is 5.11 Å². The second-order valence-electron chi connectivity index (χ2n) is 3.66. The summed E-state index contributed by atoms with van der Waals surface area (Å²) in [6.07, 6.45) is 3.59. The van der Waals surface area contributed by atoms with Crippen LogP contribution >= 0.6 is 0 Å². The van der Waals surface area contributed by atoms with E-state index in [1.807, 2.05) is 24.3 Å². The van der Waals surface area contributed by atoms with Crippen molar-refractivity contribution in [1.29, 1.82) is 0 Å². The highest BCUT2D eigenvalue weighted by atomic mass is 16.3. The monoisotopic (exact) mass is 190 g/mol. The van der Waals surface area contributed by atoms with E-state index in [0.717, 1.165) is 24.0 Å². The first-order valence-corrected chi connectivity index (χ1v) is 5.12. The Balaban J connectivity index is 3.06.